The Bertz CT molecular complexity index is 358. The second-order valence-corrected chi connectivity index (χ2v) is 8.92. The van der Waals surface area contributed by atoms with Gasteiger partial charge in [0.2, 0.25) is 0 Å². The van der Waals surface area contributed by atoms with Crippen LogP contribution < -0.4 is 5.32 Å². The van der Waals surface area contributed by atoms with Crippen LogP contribution in [0, 0.1) is 5.92 Å². The average molecular weight is 369 g/mol. The van der Waals surface area contributed by atoms with Crippen molar-refractivity contribution < 1.29 is 9.53 Å². The minimum atomic E-state index is -0.394. The summed E-state index contributed by atoms with van der Waals surface area (Å²) in [4.78, 5) is 13.9. The number of amides is 1. The normalized spacial score (nSPS) is 16.1. The molecule has 0 aromatic carbocycles. The Morgan fingerprint density at radius 2 is 1.54 bits per heavy atom. The molecule has 26 heavy (non-hydrogen) atoms. The van der Waals surface area contributed by atoms with E-state index in [9.17, 15) is 4.79 Å². The van der Waals surface area contributed by atoms with E-state index >= 15 is 0 Å². The maximum absolute atomic E-state index is 12.1. The minimum absolute atomic E-state index is 0.146. The van der Waals surface area contributed by atoms with Crippen LogP contribution in [0.25, 0.3) is 0 Å². The number of ether oxygens (including phenoxy) is 1. The molecule has 0 bridgehead atoms. The van der Waals surface area contributed by atoms with Crippen LogP contribution in [0.4, 0.5) is 4.79 Å². The van der Waals surface area contributed by atoms with Crippen LogP contribution in [0.5, 0.6) is 0 Å². The highest BCUT2D eigenvalue weighted by molar-refractivity contribution is 5.68. The average Bonchev–Trinajstić information content (AvgIpc) is 2.58. The molecule has 1 rings (SSSR count). The van der Waals surface area contributed by atoms with E-state index in [0.29, 0.717) is 0 Å². The fourth-order valence-corrected chi connectivity index (χ4v) is 3.58. The zero-order chi connectivity index (χ0) is 19.3. The summed E-state index contributed by atoms with van der Waals surface area (Å²) in [7, 11) is 0. The molecule has 4 heteroatoms. The summed E-state index contributed by atoms with van der Waals surface area (Å²) in [6.45, 7) is 12.1. The second kappa shape index (κ2) is 13.4. The lowest BCUT2D eigenvalue weighted by Gasteiger charge is -2.33. The van der Waals surface area contributed by atoms with Gasteiger partial charge in [-0.1, -0.05) is 45.4 Å². The third kappa shape index (κ3) is 11.8. The molecule has 4 nitrogen and oxygen atoms in total. The summed E-state index contributed by atoms with van der Waals surface area (Å²) in [5.74, 6) is 0.772. The molecule has 1 aliphatic heterocycles. The number of likely N-dealkylation sites (tertiary alicyclic amines) is 1. The van der Waals surface area contributed by atoms with Gasteiger partial charge in [-0.15, -0.1) is 0 Å². The molecule has 1 aliphatic rings. The Balaban J connectivity index is 1.93. The van der Waals surface area contributed by atoms with Crippen LogP contribution in [0.1, 0.15) is 98.3 Å². The first kappa shape index (κ1) is 23.3. The Morgan fingerprint density at radius 1 is 0.962 bits per heavy atom. The van der Waals surface area contributed by atoms with E-state index in [2.05, 4.69) is 12.2 Å². The molecule has 1 heterocycles. The number of hydrogen-bond donors (Lipinski definition) is 1. The molecule has 0 aliphatic carbocycles. The molecule has 0 aromatic rings. The highest BCUT2D eigenvalue weighted by atomic mass is 16.6. The number of carbonyl (C=O) groups is 1. The molecule has 0 atom stereocenters. The van der Waals surface area contributed by atoms with E-state index in [1.165, 1.54) is 64.3 Å². The van der Waals surface area contributed by atoms with Gasteiger partial charge in [0.05, 0.1) is 0 Å². The standard InChI is InChI=1S/C22H44N2O2/c1-5-6-7-8-9-10-11-16-23-17-12-13-20-14-18-24(19-15-20)21(25)26-22(2,3)4/h20,23H,5-19H2,1-4H3. The number of carbonyl (C=O) groups excluding carboxylic acids is 1. The van der Waals surface area contributed by atoms with Crippen LogP contribution in [-0.2, 0) is 4.74 Å². The molecule has 0 spiro atoms. The largest absolute Gasteiger partial charge is 0.444 e. The first-order valence-corrected chi connectivity index (χ1v) is 11.1. The first-order chi connectivity index (χ1) is 12.4. The lowest BCUT2D eigenvalue weighted by atomic mass is 9.92. The maximum Gasteiger partial charge on any atom is 0.410 e. The summed E-state index contributed by atoms with van der Waals surface area (Å²) in [6.07, 6.45) is 14.3. The fraction of sp³-hybridized carbons (Fsp3) is 0.955. The summed E-state index contributed by atoms with van der Waals surface area (Å²) in [5, 5.41) is 3.60. The van der Waals surface area contributed by atoms with E-state index in [4.69, 9.17) is 4.74 Å². The number of unbranched alkanes of at least 4 members (excludes halogenated alkanes) is 6. The maximum atomic E-state index is 12.1. The molecule has 1 N–H and O–H groups in total. The Labute approximate surface area is 162 Å². The quantitative estimate of drug-likeness (QED) is 0.446. The summed E-state index contributed by atoms with van der Waals surface area (Å²) in [6, 6.07) is 0. The Morgan fingerprint density at radius 3 is 2.15 bits per heavy atom. The van der Waals surface area contributed by atoms with Crippen LogP contribution in [-0.4, -0.2) is 42.8 Å². The van der Waals surface area contributed by atoms with Gasteiger partial charge in [0.15, 0.2) is 0 Å². The van der Waals surface area contributed by atoms with Crippen molar-refractivity contribution in [1.82, 2.24) is 10.2 Å². The number of nitrogens with one attached hydrogen (secondary N) is 1. The van der Waals surface area contributed by atoms with Gasteiger partial charge < -0.3 is 15.0 Å². The summed E-state index contributed by atoms with van der Waals surface area (Å²) < 4.78 is 5.46. The SMILES string of the molecule is CCCCCCCCCNCCCC1CCN(C(=O)OC(C)(C)C)CC1. The molecule has 0 saturated carbocycles. The van der Waals surface area contributed by atoms with Gasteiger partial charge in [-0.25, -0.2) is 4.79 Å². The van der Waals surface area contributed by atoms with Crippen LogP contribution in [0.3, 0.4) is 0 Å². The predicted molar refractivity (Wildman–Crippen MR) is 111 cm³/mol. The third-order valence-electron chi connectivity index (χ3n) is 5.19. The van der Waals surface area contributed by atoms with Crippen molar-refractivity contribution in [2.24, 2.45) is 5.92 Å². The molecular formula is C22H44N2O2. The number of piperidine rings is 1. The highest BCUT2D eigenvalue weighted by Gasteiger charge is 2.26. The van der Waals surface area contributed by atoms with Crippen molar-refractivity contribution in [1.29, 1.82) is 0 Å². The van der Waals surface area contributed by atoms with Crippen LogP contribution >= 0.6 is 0 Å². The van der Waals surface area contributed by atoms with Crippen molar-refractivity contribution in [2.45, 2.75) is 104 Å². The molecule has 1 amide bonds. The van der Waals surface area contributed by atoms with Crippen LogP contribution in [0.15, 0.2) is 0 Å². The van der Waals surface area contributed by atoms with E-state index in [1.54, 1.807) is 0 Å². The fourth-order valence-electron chi connectivity index (χ4n) is 3.58. The first-order valence-electron chi connectivity index (χ1n) is 11.1. The Hall–Kier alpha value is -0.770. The zero-order valence-electron chi connectivity index (χ0n) is 17.9. The van der Waals surface area contributed by atoms with E-state index in [1.807, 2.05) is 25.7 Å². The Kier molecular flexibility index (Phi) is 12.0. The van der Waals surface area contributed by atoms with Crippen molar-refractivity contribution in [3.63, 3.8) is 0 Å². The van der Waals surface area contributed by atoms with E-state index < -0.39 is 5.60 Å². The van der Waals surface area contributed by atoms with Crippen molar-refractivity contribution >= 4 is 6.09 Å². The number of rotatable bonds is 12. The van der Waals surface area contributed by atoms with Crippen molar-refractivity contribution in [3.05, 3.63) is 0 Å². The van der Waals surface area contributed by atoms with Crippen molar-refractivity contribution in [3.8, 4) is 0 Å². The number of hydrogen-bond acceptors (Lipinski definition) is 3. The minimum Gasteiger partial charge on any atom is -0.444 e. The van der Waals surface area contributed by atoms with Gasteiger partial charge in [-0.2, -0.15) is 0 Å². The second-order valence-electron chi connectivity index (χ2n) is 8.92. The molecule has 0 radical (unpaired) electrons. The van der Waals surface area contributed by atoms with Gasteiger partial charge in [-0.05, 0) is 71.9 Å². The van der Waals surface area contributed by atoms with Crippen LogP contribution in [0.2, 0.25) is 0 Å². The lowest BCUT2D eigenvalue weighted by Crippen LogP contribution is -2.41. The highest BCUT2D eigenvalue weighted by Crippen LogP contribution is 2.23. The molecule has 0 unspecified atom stereocenters. The zero-order valence-corrected chi connectivity index (χ0v) is 17.9. The smallest absolute Gasteiger partial charge is 0.410 e. The summed E-state index contributed by atoms with van der Waals surface area (Å²) >= 11 is 0. The molecule has 1 fully saturated rings. The lowest BCUT2D eigenvalue weighted by molar-refractivity contribution is 0.0180. The molecule has 1 saturated heterocycles. The summed E-state index contributed by atoms with van der Waals surface area (Å²) in [5.41, 5.74) is -0.394. The topological polar surface area (TPSA) is 41.6 Å². The van der Waals surface area contributed by atoms with Gasteiger partial charge in [0, 0.05) is 13.1 Å². The third-order valence-corrected chi connectivity index (χ3v) is 5.19. The molecular weight excluding hydrogens is 324 g/mol. The van der Waals surface area contributed by atoms with Gasteiger partial charge in [0.1, 0.15) is 5.60 Å². The van der Waals surface area contributed by atoms with Gasteiger partial charge in [-0.3, -0.25) is 0 Å². The molecule has 154 valence electrons. The van der Waals surface area contributed by atoms with Gasteiger partial charge >= 0.3 is 6.09 Å². The van der Waals surface area contributed by atoms with E-state index in [0.717, 1.165) is 38.4 Å². The monoisotopic (exact) mass is 368 g/mol. The number of nitrogens with zero attached hydrogens (tertiary/aromatic N) is 1. The van der Waals surface area contributed by atoms with Crippen molar-refractivity contribution in [2.75, 3.05) is 26.2 Å². The van der Waals surface area contributed by atoms with E-state index in [-0.39, 0.29) is 6.09 Å². The van der Waals surface area contributed by atoms with Gasteiger partial charge in [0.25, 0.3) is 0 Å². The molecule has 0 aromatic heterocycles. The predicted octanol–water partition coefficient (Wildman–Crippen LogP) is 5.75.